The Morgan fingerprint density at radius 3 is 0.903 bits per heavy atom. The lowest BCUT2D eigenvalue weighted by Gasteiger charge is -2.27. The highest BCUT2D eigenvalue weighted by molar-refractivity contribution is 7.86. The average molecular weight is 855 g/mol. The van der Waals surface area contributed by atoms with Crippen molar-refractivity contribution < 1.29 is 37.7 Å². The maximum atomic E-state index is 16.3. The maximum absolute atomic E-state index is 16.3. The number of hydrogen-bond acceptors (Lipinski definition) is 8. The summed E-state index contributed by atoms with van der Waals surface area (Å²) in [5.74, 6) is 0.153. The normalized spacial score (nSPS) is 11.3. The first-order chi connectivity index (χ1) is 30.2. The van der Waals surface area contributed by atoms with Crippen LogP contribution in [0.1, 0.15) is 20.7 Å². The largest absolute Gasteiger partial charge is 0.497 e. The summed E-state index contributed by atoms with van der Waals surface area (Å²) in [5, 5.41) is 2.96. The van der Waals surface area contributed by atoms with E-state index in [4.69, 9.17) is 18.9 Å². The minimum absolute atomic E-state index is 0.137. The minimum atomic E-state index is -3.78. The molecule has 62 heavy (non-hydrogen) atoms. The van der Waals surface area contributed by atoms with E-state index in [0.29, 0.717) is 54.5 Å². The number of esters is 2. The standard InChI is InChI=1S/C52H40O8P2/c1-57-39-27-23-37(24-28-39)51(53)59-41-31-33-49(61(55,43-15-7-3-8-16-43)44-17-9-4-10-18-44)47(35-41)48-36-42(60-52(54)38-25-29-40(58-2)30-26-38)32-34-50(48)62(56,45-19-11-5-12-20-45)46-21-13-6-14-22-46/h3-36H,1-2H3. The molecule has 0 amide bonds. The van der Waals surface area contributed by atoms with Crippen LogP contribution in [0.5, 0.6) is 23.0 Å². The number of ether oxygens (including phenoxy) is 4. The zero-order valence-electron chi connectivity index (χ0n) is 33.8. The summed E-state index contributed by atoms with van der Waals surface area (Å²) in [4.78, 5) is 27.4. The van der Waals surface area contributed by atoms with Gasteiger partial charge >= 0.3 is 11.9 Å². The van der Waals surface area contributed by atoms with Crippen LogP contribution in [0.3, 0.4) is 0 Å². The summed E-state index contributed by atoms with van der Waals surface area (Å²) < 4.78 is 55.3. The monoisotopic (exact) mass is 854 g/mol. The molecule has 0 aliphatic heterocycles. The lowest BCUT2D eigenvalue weighted by atomic mass is 10.0. The predicted octanol–water partition coefficient (Wildman–Crippen LogP) is 9.09. The smallest absolute Gasteiger partial charge is 0.343 e. The van der Waals surface area contributed by atoms with Gasteiger partial charge in [-0.2, -0.15) is 0 Å². The third-order valence-electron chi connectivity index (χ3n) is 10.5. The quantitative estimate of drug-likeness (QED) is 0.0643. The van der Waals surface area contributed by atoms with Gasteiger partial charge in [0.25, 0.3) is 0 Å². The number of carbonyl (C=O) groups is 2. The van der Waals surface area contributed by atoms with Crippen LogP contribution in [-0.2, 0) is 9.13 Å². The molecule has 0 radical (unpaired) electrons. The molecule has 0 saturated carbocycles. The first-order valence-electron chi connectivity index (χ1n) is 19.7. The predicted molar refractivity (Wildman–Crippen MR) is 247 cm³/mol. The molecule has 0 N–H and O–H groups in total. The zero-order valence-corrected chi connectivity index (χ0v) is 35.6. The van der Waals surface area contributed by atoms with E-state index in [0.717, 1.165) is 0 Å². The van der Waals surface area contributed by atoms with Crippen molar-refractivity contribution in [2.45, 2.75) is 0 Å². The highest BCUT2D eigenvalue weighted by Crippen LogP contribution is 2.50. The van der Waals surface area contributed by atoms with E-state index in [2.05, 4.69) is 0 Å². The molecule has 8 aromatic carbocycles. The summed E-state index contributed by atoms with van der Waals surface area (Å²) in [5.41, 5.74) is 1.26. The number of carbonyl (C=O) groups excluding carboxylic acids is 2. The Morgan fingerprint density at radius 2 is 0.629 bits per heavy atom. The van der Waals surface area contributed by atoms with Crippen LogP contribution in [-0.4, -0.2) is 26.2 Å². The fraction of sp³-hybridized carbons (Fsp3) is 0.0385. The van der Waals surface area contributed by atoms with Gasteiger partial charge in [0, 0.05) is 31.8 Å². The van der Waals surface area contributed by atoms with Crippen molar-refractivity contribution in [3.05, 3.63) is 217 Å². The molecule has 0 spiro atoms. The molecule has 0 fully saturated rings. The Morgan fingerprint density at radius 1 is 0.355 bits per heavy atom. The fourth-order valence-corrected chi connectivity index (χ4v) is 13.0. The van der Waals surface area contributed by atoms with E-state index >= 15 is 9.13 Å². The Hall–Kier alpha value is -7.24. The zero-order chi connectivity index (χ0) is 43.1. The molecular weight excluding hydrogens is 815 g/mol. The van der Waals surface area contributed by atoms with E-state index in [1.165, 1.54) is 14.2 Å². The van der Waals surface area contributed by atoms with E-state index < -0.39 is 26.2 Å². The molecule has 0 atom stereocenters. The van der Waals surface area contributed by atoms with Crippen molar-refractivity contribution in [1.82, 2.24) is 0 Å². The van der Waals surface area contributed by atoms with Gasteiger partial charge in [-0.3, -0.25) is 0 Å². The highest BCUT2D eigenvalue weighted by Gasteiger charge is 2.37. The summed E-state index contributed by atoms with van der Waals surface area (Å²) in [7, 11) is -4.48. The van der Waals surface area contributed by atoms with Gasteiger partial charge < -0.3 is 28.1 Å². The highest BCUT2D eigenvalue weighted by atomic mass is 31.2. The molecule has 8 aromatic rings. The van der Waals surface area contributed by atoms with Crippen molar-refractivity contribution in [2.75, 3.05) is 14.2 Å². The fourth-order valence-electron chi connectivity index (χ4n) is 7.33. The second-order valence-electron chi connectivity index (χ2n) is 14.2. The molecule has 8 nitrogen and oxygen atoms in total. The van der Waals surface area contributed by atoms with Crippen LogP contribution >= 0.6 is 14.3 Å². The molecule has 0 aliphatic carbocycles. The second kappa shape index (κ2) is 18.2. The van der Waals surface area contributed by atoms with Crippen LogP contribution in [0.15, 0.2) is 206 Å². The van der Waals surface area contributed by atoms with Crippen LogP contribution in [0, 0.1) is 0 Å². The minimum Gasteiger partial charge on any atom is -0.497 e. The molecule has 0 aromatic heterocycles. The molecule has 0 saturated heterocycles. The summed E-state index contributed by atoms with van der Waals surface area (Å²) in [6, 6.07) is 59.6. The molecule has 0 bridgehead atoms. The van der Waals surface area contributed by atoms with Gasteiger partial charge in [-0.1, -0.05) is 121 Å². The number of rotatable bonds is 13. The van der Waals surface area contributed by atoms with Crippen molar-refractivity contribution in [2.24, 2.45) is 0 Å². The van der Waals surface area contributed by atoms with Gasteiger partial charge in [0.1, 0.15) is 23.0 Å². The van der Waals surface area contributed by atoms with Crippen molar-refractivity contribution in [1.29, 1.82) is 0 Å². The second-order valence-corrected chi connectivity index (χ2v) is 19.6. The van der Waals surface area contributed by atoms with Gasteiger partial charge in [0.2, 0.25) is 0 Å². The number of methoxy groups -OCH3 is 2. The van der Waals surface area contributed by atoms with Crippen LogP contribution in [0.4, 0.5) is 0 Å². The SMILES string of the molecule is COc1ccc(C(=O)Oc2ccc(P(=O)(c3ccccc3)c3ccccc3)c(-c3cc(OC(=O)c4ccc(OC)cc4)ccc3P(=O)(c3ccccc3)c3ccccc3)c2)cc1. The third-order valence-corrected chi connectivity index (χ3v) is 16.7. The van der Waals surface area contributed by atoms with E-state index in [1.54, 1.807) is 84.9 Å². The number of hydrogen-bond donors (Lipinski definition) is 0. The molecule has 0 heterocycles. The van der Waals surface area contributed by atoms with Crippen LogP contribution < -0.4 is 50.8 Å². The van der Waals surface area contributed by atoms with Crippen molar-refractivity contribution in [3.63, 3.8) is 0 Å². The summed E-state index contributed by atoms with van der Waals surface area (Å²) >= 11 is 0. The van der Waals surface area contributed by atoms with Crippen molar-refractivity contribution in [3.8, 4) is 34.1 Å². The van der Waals surface area contributed by atoms with E-state index in [-0.39, 0.29) is 22.6 Å². The molecule has 306 valence electrons. The van der Waals surface area contributed by atoms with Gasteiger partial charge in [-0.15, -0.1) is 0 Å². The molecule has 10 heteroatoms. The maximum Gasteiger partial charge on any atom is 0.343 e. The molecular formula is C52H40O8P2. The van der Waals surface area contributed by atoms with Gasteiger partial charge in [-0.25, -0.2) is 9.59 Å². The van der Waals surface area contributed by atoms with E-state index in [9.17, 15) is 9.59 Å². The number of benzene rings is 8. The Labute approximate surface area is 360 Å². The first kappa shape index (κ1) is 41.5. The Balaban J connectivity index is 1.41. The van der Waals surface area contributed by atoms with E-state index in [1.807, 2.05) is 121 Å². The van der Waals surface area contributed by atoms with Gasteiger partial charge in [0.15, 0.2) is 14.3 Å². The molecule has 8 rings (SSSR count). The Bertz CT molecular complexity index is 2650. The topological polar surface area (TPSA) is 105 Å². The lowest BCUT2D eigenvalue weighted by molar-refractivity contribution is 0.0725. The van der Waals surface area contributed by atoms with Crippen LogP contribution in [0.2, 0.25) is 0 Å². The van der Waals surface area contributed by atoms with Crippen LogP contribution in [0.25, 0.3) is 11.1 Å². The van der Waals surface area contributed by atoms with Gasteiger partial charge in [0.05, 0.1) is 25.3 Å². The Kier molecular flexibility index (Phi) is 12.2. The molecule has 0 unspecified atom stereocenters. The lowest BCUT2D eigenvalue weighted by Crippen LogP contribution is -2.30. The summed E-state index contributed by atoms with van der Waals surface area (Å²) in [6.07, 6.45) is 0. The third kappa shape index (κ3) is 8.27. The van der Waals surface area contributed by atoms with Crippen molar-refractivity contribution >= 4 is 58.0 Å². The molecule has 0 aliphatic rings. The van der Waals surface area contributed by atoms with Gasteiger partial charge in [-0.05, 0) is 96.1 Å². The first-order valence-corrected chi connectivity index (χ1v) is 23.1. The summed E-state index contributed by atoms with van der Waals surface area (Å²) in [6.45, 7) is 0. The average Bonchev–Trinajstić information content (AvgIpc) is 3.34.